The Kier molecular flexibility index (Phi) is 6.90. The Morgan fingerprint density at radius 3 is 2.50 bits per heavy atom. The fraction of sp³-hybridized carbons (Fsp3) is 0.545. The molecule has 1 rings (SSSR count). The molecule has 0 N–H and O–H groups in total. The first-order valence-corrected chi connectivity index (χ1v) is 8.77. The second kappa shape index (κ2) is 7.94. The number of thiophene rings is 1. The van der Waals surface area contributed by atoms with E-state index in [1.54, 1.807) is 14.0 Å². The summed E-state index contributed by atoms with van der Waals surface area (Å²) in [6.07, 6.45) is 0. The van der Waals surface area contributed by atoms with Crippen molar-refractivity contribution in [1.29, 1.82) is 0 Å². The highest BCUT2D eigenvalue weighted by Gasteiger charge is 2.20. The van der Waals surface area contributed by atoms with Gasteiger partial charge in [0.1, 0.15) is 11.5 Å². The quantitative estimate of drug-likeness (QED) is 0.407. The van der Waals surface area contributed by atoms with Crippen LogP contribution in [0, 0.1) is 6.92 Å². The van der Waals surface area contributed by atoms with E-state index < -0.39 is 15.0 Å². The number of ether oxygens (including phenoxy) is 3. The fourth-order valence-electron chi connectivity index (χ4n) is 1.32. The van der Waals surface area contributed by atoms with Gasteiger partial charge in [-0.3, -0.25) is 0 Å². The third kappa shape index (κ3) is 5.37. The van der Waals surface area contributed by atoms with Gasteiger partial charge in [-0.2, -0.15) is 0 Å². The van der Waals surface area contributed by atoms with Crippen molar-refractivity contribution in [3.05, 3.63) is 15.8 Å². The summed E-state index contributed by atoms with van der Waals surface area (Å²) in [5, 5.41) is 0. The molecule has 9 heteroatoms. The third-order valence-corrected chi connectivity index (χ3v) is 4.84. The van der Waals surface area contributed by atoms with Crippen molar-refractivity contribution in [3.63, 3.8) is 0 Å². The number of hydrogen-bond donors (Lipinski definition) is 0. The zero-order valence-corrected chi connectivity index (χ0v) is 13.4. The van der Waals surface area contributed by atoms with Crippen LogP contribution in [0.2, 0.25) is 0 Å². The summed E-state index contributed by atoms with van der Waals surface area (Å²) in [5.74, 6) is -0.597. The van der Waals surface area contributed by atoms with E-state index in [4.69, 9.17) is 24.9 Å². The monoisotopic (exact) mass is 342 g/mol. The summed E-state index contributed by atoms with van der Waals surface area (Å²) in [6, 6.07) is 1.22. The van der Waals surface area contributed by atoms with Gasteiger partial charge in [0.05, 0.1) is 24.7 Å². The summed E-state index contributed by atoms with van der Waals surface area (Å²) in [5.41, 5.74) is 0. The zero-order chi connectivity index (χ0) is 15.2. The van der Waals surface area contributed by atoms with Crippen LogP contribution in [0.3, 0.4) is 0 Å². The normalized spacial score (nSPS) is 11.6. The first-order valence-electron chi connectivity index (χ1n) is 5.65. The summed E-state index contributed by atoms with van der Waals surface area (Å²) in [6.45, 7) is 2.79. The minimum Gasteiger partial charge on any atom is -0.459 e. The molecule has 6 nitrogen and oxygen atoms in total. The van der Waals surface area contributed by atoms with Crippen LogP contribution in [-0.2, 0) is 23.3 Å². The molecule has 0 saturated carbocycles. The largest absolute Gasteiger partial charge is 0.459 e. The molecule has 1 aromatic rings. The summed E-state index contributed by atoms with van der Waals surface area (Å²) < 4.78 is 37.3. The highest BCUT2D eigenvalue weighted by Crippen LogP contribution is 2.28. The molecule has 0 atom stereocenters. The first-order chi connectivity index (χ1) is 9.36. The van der Waals surface area contributed by atoms with E-state index in [-0.39, 0.29) is 23.0 Å². The topological polar surface area (TPSA) is 78.9 Å². The zero-order valence-electron chi connectivity index (χ0n) is 11.0. The molecule has 114 valence electrons. The lowest BCUT2D eigenvalue weighted by Crippen LogP contribution is -2.11. The van der Waals surface area contributed by atoms with Crippen LogP contribution < -0.4 is 0 Å². The van der Waals surface area contributed by atoms with Crippen LogP contribution in [0.4, 0.5) is 0 Å². The lowest BCUT2D eigenvalue weighted by atomic mass is 10.4. The number of hydrogen-bond acceptors (Lipinski definition) is 7. The van der Waals surface area contributed by atoms with Crippen LogP contribution >= 0.6 is 22.0 Å². The molecule has 0 fully saturated rings. The number of esters is 1. The molecular formula is C11H15ClO6S2. The highest BCUT2D eigenvalue weighted by molar-refractivity contribution is 8.13. The van der Waals surface area contributed by atoms with E-state index in [9.17, 15) is 13.2 Å². The molecule has 0 spiro atoms. The smallest absolute Gasteiger partial charge is 0.348 e. The van der Waals surface area contributed by atoms with Crippen molar-refractivity contribution < 1.29 is 27.4 Å². The molecule has 0 aromatic carbocycles. The number of rotatable bonds is 8. The number of carbonyl (C=O) groups is 1. The second-order valence-electron chi connectivity index (χ2n) is 3.71. The van der Waals surface area contributed by atoms with Crippen molar-refractivity contribution >= 4 is 37.0 Å². The molecule has 0 amide bonds. The van der Waals surface area contributed by atoms with Gasteiger partial charge in [-0.05, 0) is 13.0 Å². The summed E-state index contributed by atoms with van der Waals surface area (Å²) in [7, 11) is 2.97. The van der Waals surface area contributed by atoms with Gasteiger partial charge < -0.3 is 14.2 Å². The Hall–Kier alpha value is -0.670. The Bertz CT molecular complexity index is 551. The molecule has 0 aliphatic carbocycles. The van der Waals surface area contributed by atoms with Crippen LogP contribution in [0.25, 0.3) is 0 Å². The minimum absolute atomic E-state index is 0.0625. The Morgan fingerprint density at radius 2 is 1.95 bits per heavy atom. The molecule has 0 unspecified atom stereocenters. The molecule has 0 bridgehead atoms. The Balaban J connectivity index is 2.49. The SMILES string of the molecule is COCCOCCOC(=O)c1cc(S(=O)(=O)Cl)c(C)s1. The first kappa shape index (κ1) is 17.4. The van der Waals surface area contributed by atoms with E-state index in [2.05, 4.69) is 0 Å². The maximum absolute atomic E-state index is 11.7. The van der Waals surface area contributed by atoms with Gasteiger partial charge in [0.25, 0.3) is 9.05 Å². The summed E-state index contributed by atoms with van der Waals surface area (Å²) in [4.78, 5) is 12.3. The maximum atomic E-state index is 11.7. The highest BCUT2D eigenvalue weighted by atomic mass is 35.7. The predicted octanol–water partition coefficient (Wildman–Crippen LogP) is 1.80. The molecule has 1 heterocycles. The van der Waals surface area contributed by atoms with E-state index in [0.29, 0.717) is 18.1 Å². The van der Waals surface area contributed by atoms with E-state index in [1.807, 2.05) is 0 Å². The van der Waals surface area contributed by atoms with Crippen molar-refractivity contribution in [2.24, 2.45) is 0 Å². The van der Waals surface area contributed by atoms with Gasteiger partial charge in [0.2, 0.25) is 0 Å². The number of halogens is 1. The third-order valence-electron chi connectivity index (χ3n) is 2.23. The lowest BCUT2D eigenvalue weighted by molar-refractivity contribution is 0.0217. The Morgan fingerprint density at radius 1 is 1.30 bits per heavy atom. The van der Waals surface area contributed by atoms with Crippen molar-refractivity contribution in [1.82, 2.24) is 0 Å². The molecule has 0 saturated heterocycles. The average Bonchev–Trinajstić information content (AvgIpc) is 2.75. The number of aryl methyl sites for hydroxylation is 1. The molecular weight excluding hydrogens is 328 g/mol. The van der Waals surface area contributed by atoms with Gasteiger partial charge in [-0.1, -0.05) is 0 Å². The predicted molar refractivity (Wildman–Crippen MR) is 75.1 cm³/mol. The van der Waals surface area contributed by atoms with Crippen LogP contribution in [0.1, 0.15) is 14.5 Å². The minimum atomic E-state index is -3.85. The number of carbonyl (C=O) groups excluding carboxylic acids is 1. The summed E-state index contributed by atoms with van der Waals surface area (Å²) >= 11 is 1.02. The molecule has 1 aromatic heterocycles. The Labute approximate surface area is 126 Å². The second-order valence-corrected chi connectivity index (χ2v) is 7.50. The van der Waals surface area contributed by atoms with Gasteiger partial charge >= 0.3 is 5.97 Å². The van der Waals surface area contributed by atoms with Gasteiger partial charge in [0, 0.05) is 22.7 Å². The standard InChI is InChI=1S/C11H15ClO6S2/c1-8-10(20(12,14)15)7-9(19-8)11(13)18-6-5-17-4-3-16-2/h7H,3-6H2,1-2H3. The average molecular weight is 343 g/mol. The van der Waals surface area contributed by atoms with Gasteiger partial charge in [-0.25, -0.2) is 13.2 Å². The molecule has 0 aliphatic heterocycles. The van der Waals surface area contributed by atoms with E-state index in [0.717, 1.165) is 11.3 Å². The fourth-order valence-corrected chi connectivity index (χ4v) is 3.87. The van der Waals surface area contributed by atoms with Gasteiger partial charge in [-0.15, -0.1) is 11.3 Å². The molecule has 20 heavy (non-hydrogen) atoms. The molecule has 0 aliphatic rings. The maximum Gasteiger partial charge on any atom is 0.348 e. The van der Waals surface area contributed by atoms with Crippen LogP contribution in [-0.4, -0.2) is 47.9 Å². The van der Waals surface area contributed by atoms with Crippen molar-refractivity contribution in [2.45, 2.75) is 11.8 Å². The molecule has 0 radical (unpaired) electrons. The van der Waals surface area contributed by atoms with Crippen LogP contribution in [0.5, 0.6) is 0 Å². The van der Waals surface area contributed by atoms with Crippen molar-refractivity contribution in [2.75, 3.05) is 33.5 Å². The lowest BCUT2D eigenvalue weighted by Gasteiger charge is -2.04. The van der Waals surface area contributed by atoms with E-state index in [1.165, 1.54) is 6.07 Å². The van der Waals surface area contributed by atoms with E-state index >= 15 is 0 Å². The van der Waals surface area contributed by atoms with Crippen LogP contribution in [0.15, 0.2) is 11.0 Å². The number of methoxy groups -OCH3 is 1. The van der Waals surface area contributed by atoms with Gasteiger partial charge in [0.15, 0.2) is 0 Å². The van der Waals surface area contributed by atoms with Crippen molar-refractivity contribution in [3.8, 4) is 0 Å².